The first kappa shape index (κ1) is 19.9. The van der Waals surface area contributed by atoms with Crippen molar-refractivity contribution in [2.75, 3.05) is 19.6 Å². The molecule has 2 aliphatic heterocycles. The van der Waals surface area contributed by atoms with Crippen LogP contribution >= 0.6 is 0 Å². The molecule has 0 unspecified atom stereocenters. The molecule has 2 atom stereocenters. The van der Waals surface area contributed by atoms with Crippen LogP contribution in [-0.2, 0) is 22.2 Å². The number of rotatable bonds is 3. The fourth-order valence-electron chi connectivity index (χ4n) is 3.72. The van der Waals surface area contributed by atoms with Crippen molar-refractivity contribution in [1.29, 1.82) is 0 Å². The Morgan fingerprint density at radius 1 is 1.17 bits per heavy atom. The van der Waals surface area contributed by atoms with Crippen LogP contribution in [0.15, 0.2) is 36.8 Å². The van der Waals surface area contributed by atoms with E-state index in [4.69, 9.17) is 0 Å². The standard InChI is InChI=1S/C19H18F3N5O3/c20-19(21,22)12-3-1-11(2-4-12)17(29)26-5-6-27-15(9-26)16(28)25-14(18(27)30)7-13-8-23-10-24-13/h1-4,8,10,14-15H,5-7,9H2,(H,23,24)(H,25,28)/t14-,15+/m0/s1. The van der Waals surface area contributed by atoms with Crippen LogP contribution < -0.4 is 5.32 Å². The Hall–Kier alpha value is -3.37. The summed E-state index contributed by atoms with van der Waals surface area (Å²) in [6.45, 7) is 0.336. The van der Waals surface area contributed by atoms with Gasteiger partial charge in [0.25, 0.3) is 5.91 Å². The lowest BCUT2D eigenvalue weighted by Gasteiger charge is -2.45. The Morgan fingerprint density at radius 3 is 2.53 bits per heavy atom. The molecule has 2 aromatic rings. The van der Waals surface area contributed by atoms with Gasteiger partial charge in [-0.05, 0) is 24.3 Å². The minimum atomic E-state index is -4.49. The number of H-pyrrole nitrogens is 1. The van der Waals surface area contributed by atoms with Gasteiger partial charge in [0.2, 0.25) is 11.8 Å². The van der Waals surface area contributed by atoms with E-state index in [-0.39, 0.29) is 43.4 Å². The topological polar surface area (TPSA) is 98.4 Å². The second kappa shape index (κ2) is 7.47. The fraction of sp³-hybridized carbons (Fsp3) is 0.368. The van der Waals surface area contributed by atoms with Crippen molar-refractivity contribution in [1.82, 2.24) is 25.1 Å². The lowest BCUT2D eigenvalue weighted by atomic mass is 10.0. The molecule has 8 nitrogen and oxygen atoms in total. The normalized spacial score (nSPS) is 22.0. The lowest BCUT2D eigenvalue weighted by molar-refractivity contribution is -0.152. The summed E-state index contributed by atoms with van der Waals surface area (Å²) in [5.74, 6) is -1.09. The maximum absolute atomic E-state index is 12.8. The van der Waals surface area contributed by atoms with E-state index in [0.29, 0.717) is 5.69 Å². The molecular formula is C19H18F3N5O3. The number of imidazole rings is 1. The molecule has 0 bridgehead atoms. The van der Waals surface area contributed by atoms with Crippen LogP contribution in [0.5, 0.6) is 0 Å². The van der Waals surface area contributed by atoms with Crippen molar-refractivity contribution in [2.24, 2.45) is 0 Å². The monoisotopic (exact) mass is 421 g/mol. The summed E-state index contributed by atoms with van der Waals surface area (Å²) in [5, 5.41) is 2.69. The molecular weight excluding hydrogens is 403 g/mol. The summed E-state index contributed by atoms with van der Waals surface area (Å²) in [5.41, 5.74) is -0.0382. The minimum Gasteiger partial charge on any atom is -0.348 e. The molecule has 11 heteroatoms. The highest BCUT2D eigenvalue weighted by atomic mass is 19.4. The number of nitrogens with one attached hydrogen (secondary N) is 2. The smallest absolute Gasteiger partial charge is 0.348 e. The Labute approximate surface area is 169 Å². The fourth-order valence-corrected chi connectivity index (χ4v) is 3.72. The second-order valence-electron chi connectivity index (χ2n) is 7.22. The summed E-state index contributed by atoms with van der Waals surface area (Å²) >= 11 is 0. The zero-order valence-electron chi connectivity index (χ0n) is 15.6. The van der Waals surface area contributed by atoms with Crippen molar-refractivity contribution in [2.45, 2.75) is 24.7 Å². The zero-order chi connectivity index (χ0) is 21.5. The first-order chi connectivity index (χ1) is 14.2. The van der Waals surface area contributed by atoms with E-state index in [1.54, 1.807) is 6.20 Å². The van der Waals surface area contributed by atoms with Crippen molar-refractivity contribution < 1.29 is 27.6 Å². The molecule has 30 heavy (non-hydrogen) atoms. The Kier molecular flexibility index (Phi) is 4.96. The second-order valence-corrected chi connectivity index (χ2v) is 7.22. The summed E-state index contributed by atoms with van der Waals surface area (Å²) in [7, 11) is 0. The number of hydrogen-bond donors (Lipinski definition) is 2. The van der Waals surface area contributed by atoms with Gasteiger partial charge in [0.05, 0.1) is 18.4 Å². The number of alkyl halides is 3. The molecule has 0 aliphatic carbocycles. The average molecular weight is 421 g/mol. The van der Waals surface area contributed by atoms with Crippen LogP contribution in [0.2, 0.25) is 0 Å². The number of piperazine rings is 2. The molecule has 2 saturated heterocycles. The van der Waals surface area contributed by atoms with Crippen molar-refractivity contribution in [3.05, 3.63) is 53.6 Å². The number of aromatic amines is 1. The van der Waals surface area contributed by atoms with Gasteiger partial charge in [-0.15, -0.1) is 0 Å². The molecule has 2 fully saturated rings. The van der Waals surface area contributed by atoms with Crippen molar-refractivity contribution >= 4 is 17.7 Å². The van der Waals surface area contributed by atoms with Gasteiger partial charge in [-0.25, -0.2) is 4.98 Å². The van der Waals surface area contributed by atoms with E-state index in [1.165, 1.54) is 16.1 Å². The molecule has 2 N–H and O–H groups in total. The largest absolute Gasteiger partial charge is 0.416 e. The number of aromatic nitrogens is 2. The molecule has 4 rings (SSSR count). The third-order valence-corrected chi connectivity index (χ3v) is 5.31. The number of nitrogens with zero attached hydrogens (tertiary/aromatic N) is 3. The van der Waals surface area contributed by atoms with Gasteiger partial charge in [-0.2, -0.15) is 13.2 Å². The van der Waals surface area contributed by atoms with Crippen LogP contribution in [0.4, 0.5) is 13.2 Å². The number of benzene rings is 1. The van der Waals surface area contributed by atoms with Crippen molar-refractivity contribution in [3.8, 4) is 0 Å². The predicted octanol–water partition coefficient (Wildman–Crippen LogP) is 0.823. The van der Waals surface area contributed by atoms with E-state index in [2.05, 4.69) is 15.3 Å². The van der Waals surface area contributed by atoms with Gasteiger partial charge in [0.1, 0.15) is 12.1 Å². The van der Waals surface area contributed by atoms with Crippen LogP contribution in [0, 0.1) is 0 Å². The number of fused-ring (bicyclic) bond motifs is 1. The Morgan fingerprint density at radius 2 is 1.90 bits per heavy atom. The molecule has 0 saturated carbocycles. The van der Waals surface area contributed by atoms with Gasteiger partial charge >= 0.3 is 6.18 Å². The van der Waals surface area contributed by atoms with Crippen LogP contribution in [0.25, 0.3) is 0 Å². The molecule has 0 radical (unpaired) electrons. The van der Waals surface area contributed by atoms with Gasteiger partial charge in [0.15, 0.2) is 0 Å². The summed E-state index contributed by atoms with van der Waals surface area (Å²) < 4.78 is 38.1. The molecule has 1 aromatic carbocycles. The summed E-state index contributed by atoms with van der Waals surface area (Å²) in [4.78, 5) is 47.7. The maximum Gasteiger partial charge on any atom is 0.416 e. The van der Waals surface area contributed by atoms with E-state index < -0.39 is 29.7 Å². The van der Waals surface area contributed by atoms with E-state index >= 15 is 0 Å². The first-order valence-electron chi connectivity index (χ1n) is 9.28. The highest BCUT2D eigenvalue weighted by Crippen LogP contribution is 2.29. The number of carbonyl (C=O) groups excluding carboxylic acids is 3. The Bertz CT molecular complexity index is 959. The average Bonchev–Trinajstić information content (AvgIpc) is 3.23. The van der Waals surface area contributed by atoms with Crippen LogP contribution in [0.3, 0.4) is 0 Å². The Balaban J connectivity index is 1.44. The van der Waals surface area contributed by atoms with E-state index in [1.807, 2.05) is 0 Å². The SMILES string of the molecule is O=C1N[C@@H](Cc2cnc[nH]2)C(=O)N2CCN(C(=O)c3ccc(C(F)(F)F)cc3)C[C@H]12. The lowest BCUT2D eigenvalue weighted by Crippen LogP contribution is -2.70. The minimum absolute atomic E-state index is 0.0196. The summed E-state index contributed by atoms with van der Waals surface area (Å²) in [6.07, 6.45) is -1.15. The van der Waals surface area contributed by atoms with Crippen molar-refractivity contribution in [3.63, 3.8) is 0 Å². The number of amides is 3. The molecule has 3 heterocycles. The molecule has 1 aromatic heterocycles. The van der Waals surface area contributed by atoms with E-state index in [9.17, 15) is 27.6 Å². The van der Waals surface area contributed by atoms with E-state index in [0.717, 1.165) is 24.3 Å². The highest BCUT2D eigenvalue weighted by molar-refractivity contribution is 5.99. The van der Waals surface area contributed by atoms with Crippen LogP contribution in [-0.4, -0.2) is 69.2 Å². The zero-order valence-corrected chi connectivity index (χ0v) is 15.6. The summed E-state index contributed by atoms with van der Waals surface area (Å²) in [6, 6.07) is 2.38. The molecule has 158 valence electrons. The number of halogens is 3. The van der Waals surface area contributed by atoms with Gasteiger partial charge in [-0.1, -0.05) is 0 Å². The molecule has 2 aliphatic rings. The predicted molar refractivity (Wildman–Crippen MR) is 97.1 cm³/mol. The molecule has 3 amide bonds. The third-order valence-electron chi connectivity index (χ3n) is 5.31. The first-order valence-corrected chi connectivity index (χ1v) is 9.28. The quantitative estimate of drug-likeness (QED) is 0.767. The van der Waals surface area contributed by atoms with Crippen LogP contribution in [0.1, 0.15) is 21.6 Å². The molecule has 0 spiro atoms. The maximum atomic E-state index is 12.8. The van der Waals surface area contributed by atoms with Gasteiger partial charge in [-0.3, -0.25) is 14.4 Å². The third kappa shape index (κ3) is 3.74. The van der Waals surface area contributed by atoms with Gasteiger partial charge in [0, 0.05) is 37.0 Å². The van der Waals surface area contributed by atoms with Gasteiger partial charge < -0.3 is 20.1 Å². The highest BCUT2D eigenvalue weighted by Gasteiger charge is 2.44. The number of hydrogen-bond acceptors (Lipinski definition) is 4. The number of carbonyl (C=O) groups is 3.